The molecule has 1 atom stereocenters. The molecule has 0 aliphatic heterocycles. The van der Waals surface area contributed by atoms with Gasteiger partial charge in [0, 0.05) is 24.8 Å². The molecular formula is C18H20N2O5. The quantitative estimate of drug-likeness (QED) is 0.813. The Hall–Kier alpha value is -3.09. The van der Waals surface area contributed by atoms with Gasteiger partial charge in [0.1, 0.15) is 0 Å². The summed E-state index contributed by atoms with van der Waals surface area (Å²) in [5.74, 6) is -1.28. The summed E-state index contributed by atoms with van der Waals surface area (Å²) in [6.07, 6.45) is 1.41. The van der Waals surface area contributed by atoms with E-state index >= 15 is 0 Å². The fourth-order valence-corrected chi connectivity index (χ4v) is 2.32. The molecule has 2 rings (SSSR count). The summed E-state index contributed by atoms with van der Waals surface area (Å²) in [6.45, 7) is 1.92. The number of esters is 1. The molecule has 25 heavy (non-hydrogen) atoms. The Bertz CT molecular complexity index is 755. The minimum Gasteiger partial charge on any atom is -0.469 e. The van der Waals surface area contributed by atoms with Crippen LogP contribution in [0.25, 0.3) is 0 Å². The van der Waals surface area contributed by atoms with E-state index in [4.69, 9.17) is 4.42 Å². The molecule has 0 fully saturated rings. The van der Waals surface area contributed by atoms with Crippen LogP contribution in [0.5, 0.6) is 0 Å². The minimum atomic E-state index is -0.430. The lowest BCUT2D eigenvalue weighted by molar-refractivity contribution is -0.145. The van der Waals surface area contributed by atoms with E-state index in [1.54, 1.807) is 50.4 Å². The zero-order valence-electron chi connectivity index (χ0n) is 14.3. The Morgan fingerprint density at radius 1 is 1.24 bits per heavy atom. The van der Waals surface area contributed by atoms with E-state index in [1.807, 2.05) is 0 Å². The Kier molecular flexibility index (Phi) is 5.94. The van der Waals surface area contributed by atoms with Crippen LogP contribution in [0, 0.1) is 5.92 Å². The first-order valence-corrected chi connectivity index (χ1v) is 7.70. The van der Waals surface area contributed by atoms with E-state index in [1.165, 1.54) is 18.3 Å². The highest BCUT2D eigenvalue weighted by Gasteiger charge is 2.20. The standard InChI is InChI=1S/C18H20N2O5/c1-12(18(23)24-3)11-20(2)17(22)13-6-4-7-14(10-13)19-16(21)15-8-5-9-25-15/h4-10,12H,11H2,1-3H3,(H,19,21). The lowest BCUT2D eigenvalue weighted by Crippen LogP contribution is -2.34. The van der Waals surface area contributed by atoms with Gasteiger partial charge in [0.05, 0.1) is 19.3 Å². The van der Waals surface area contributed by atoms with Crippen LogP contribution in [0.1, 0.15) is 27.8 Å². The maximum absolute atomic E-state index is 12.5. The highest BCUT2D eigenvalue weighted by Crippen LogP contribution is 2.15. The molecule has 0 aliphatic carbocycles. The molecule has 0 bridgehead atoms. The summed E-state index contributed by atoms with van der Waals surface area (Å²) >= 11 is 0. The van der Waals surface area contributed by atoms with Gasteiger partial charge in [0.15, 0.2) is 5.76 Å². The minimum absolute atomic E-state index is 0.181. The third-order valence-electron chi connectivity index (χ3n) is 3.61. The number of benzene rings is 1. The summed E-state index contributed by atoms with van der Waals surface area (Å²) in [4.78, 5) is 37.4. The van der Waals surface area contributed by atoms with Gasteiger partial charge in [-0.1, -0.05) is 13.0 Å². The molecular weight excluding hydrogens is 324 g/mol. The van der Waals surface area contributed by atoms with E-state index in [0.29, 0.717) is 11.3 Å². The Morgan fingerprint density at radius 3 is 2.64 bits per heavy atom. The van der Waals surface area contributed by atoms with Crippen molar-refractivity contribution in [1.29, 1.82) is 0 Å². The molecule has 0 saturated carbocycles. The number of hydrogen-bond donors (Lipinski definition) is 1. The van der Waals surface area contributed by atoms with Gasteiger partial charge in [-0.25, -0.2) is 0 Å². The van der Waals surface area contributed by atoms with E-state index in [9.17, 15) is 14.4 Å². The Morgan fingerprint density at radius 2 is 2.00 bits per heavy atom. The van der Waals surface area contributed by atoms with E-state index in [-0.39, 0.29) is 24.2 Å². The van der Waals surface area contributed by atoms with Gasteiger partial charge >= 0.3 is 5.97 Å². The van der Waals surface area contributed by atoms with Crippen LogP contribution in [0.4, 0.5) is 5.69 Å². The average molecular weight is 344 g/mol. The second kappa shape index (κ2) is 8.14. The van der Waals surface area contributed by atoms with Gasteiger partial charge in [-0.3, -0.25) is 14.4 Å². The summed E-state index contributed by atoms with van der Waals surface area (Å²) in [7, 11) is 2.92. The van der Waals surface area contributed by atoms with E-state index < -0.39 is 11.8 Å². The zero-order valence-corrected chi connectivity index (χ0v) is 14.3. The van der Waals surface area contributed by atoms with Gasteiger partial charge < -0.3 is 19.4 Å². The molecule has 2 aromatic rings. The van der Waals surface area contributed by atoms with Crippen molar-refractivity contribution in [2.45, 2.75) is 6.92 Å². The summed E-state index contributed by atoms with van der Waals surface area (Å²) < 4.78 is 9.69. The SMILES string of the molecule is COC(=O)C(C)CN(C)C(=O)c1cccc(NC(=O)c2ccco2)c1. The molecule has 0 radical (unpaired) electrons. The van der Waals surface area contributed by atoms with Gasteiger partial charge in [0.2, 0.25) is 0 Å². The smallest absolute Gasteiger partial charge is 0.310 e. The van der Waals surface area contributed by atoms with Gasteiger partial charge in [-0.15, -0.1) is 0 Å². The van der Waals surface area contributed by atoms with Crippen molar-refractivity contribution >= 4 is 23.5 Å². The van der Waals surface area contributed by atoms with Crippen LogP contribution in [-0.4, -0.2) is 43.4 Å². The topological polar surface area (TPSA) is 88.9 Å². The molecule has 1 N–H and O–H groups in total. The molecule has 0 spiro atoms. The van der Waals surface area contributed by atoms with E-state index in [2.05, 4.69) is 10.1 Å². The van der Waals surface area contributed by atoms with Crippen molar-refractivity contribution in [3.8, 4) is 0 Å². The summed E-state index contributed by atoms with van der Waals surface area (Å²) in [5, 5.41) is 2.67. The van der Waals surface area contributed by atoms with Gasteiger partial charge in [0.25, 0.3) is 11.8 Å². The molecule has 1 unspecified atom stereocenters. The van der Waals surface area contributed by atoms with Gasteiger partial charge in [-0.05, 0) is 30.3 Å². The monoisotopic (exact) mass is 344 g/mol. The lowest BCUT2D eigenvalue weighted by Gasteiger charge is -2.20. The lowest BCUT2D eigenvalue weighted by atomic mass is 10.1. The number of amides is 2. The number of furan rings is 1. The summed E-state index contributed by atoms with van der Waals surface area (Å²) in [5.41, 5.74) is 0.874. The number of rotatable bonds is 6. The molecule has 2 amide bonds. The zero-order chi connectivity index (χ0) is 18.4. The molecule has 1 heterocycles. The van der Waals surface area contributed by atoms with Crippen molar-refractivity contribution in [2.75, 3.05) is 26.0 Å². The molecule has 1 aromatic heterocycles. The first-order valence-electron chi connectivity index (χ1n) is 7.70. The third-order valence-corrected chi connectivity index (χ3v) is 3.61. The van der Waals surface area contributed by atoms with Gasteiger partial charge in [-0.2, -0.15) is 0 Å². The van der Waals surface area contributed by atoms with Crippen molar-refractivity contribution in [3.63, 3.8) is 0 Å². The molecule has 0 saturated heterocycles. The van der Waals surface area contributed by atoms with Crippen LogP contribution in [0.3, 0.4) is 0 Å². The highest BCUT2D eigenvalue weighted by molar-refractivity contribution is 6.03. The first-order chi connectivity index (χ1) is 11.9. The van der Waals surface area contributed by atoms with Crippen molar-refractivity contribution < 1.29 is 23.5 Å². The average Bonchev–Trinajstić information content (AvgIpc) is 3.15. The Balaban J connectivity index is 2.05. The van der Waals surface area contributed by atoms with Crippen molar-refractivity contribution in [2.24, 2.45) is 5.92 Å². The highest BCUT2D eigenvalue weighted by atomic mass is 16.5. The van der Waals surface area contributed by atoms with Crippen LogP contribution in [0.15, 0.2) is 47.1 Å². The normalized spacial score (nSPS) is 11.5. The second-order valence-corrected chi connectivity index (χ2v) is 5.62. The molecule has 7 nitrogen and oxygen atoms in total. The predicted molar refractivity (Wildman–Crippen MR) is 91.2 cm³/mol. The van der Waals surface area contributed by atoms with Crippen LogP contribution in [0.2, 0.25) is 0 Å². The number of nitrogens with one attached hydrogen (secondary N) is 1. The Labute approximate surface area is 145 Å². The maximum Gasteiger partial charge on any atom is 0.310 e. The molecule has 7 heteroatoms. The molecule has 0 aliphatic rings. The third kappa shape index (κ3) is 4.69. The van der Waals surface area contributed by atoms with E-state index in [0.717, 1.165) is 0 Å². The number of anilines is 1. The molecule has 1 aromatic carbocycles. The van der Waals surface area contributed by atoms with Crippen LogP contribution < -0.4 is 5.32 Å². The van der Waals surface area contributed by atoms with Crippen LogP contribution >= 0.6 is 0 Å². The van der Waals surface area contributed by atoms with Crippen LogP contribution in [-0.2, 0) is 9.53 Å². The number of hydrogen-bond acceptors (Lipinski definition) is 5. The molecule has 132 valence electrons. The number of carbonyl (C=O) groups is 3. The van der Waals surface area contributed by atoms with Crippen molar-refractivity contribution in [1.82, 2.24) is 4.90 Å². The number of methoxy groups -OCH3 is 1. The van der Waals surface area contributed by atoms with Crippen molar-refractivity contribution in [3.05, 3.63) is 54.0 Å². The number of carbonyl (C=O) groups excluding carboxylic acids is 3. The second-order valence-electron chi connectivity index (χ2n) is 5.62. The predicted octanol–water partition coefficient (Wildman–Crippen LogP) is 2.41. The maximum atomic E-state index is 12.5. The fraction of sp³-hybridized carbons (Fsp3) is 0.278. The first kappa shape index (κ1) is 18.3. The number of ether oxygens (including phenoxy) is 1. The fourth-order valence-electron chi connectivity index (χ4n) is 2.32. The largest absolute Gasteiger partial charge is 0.469 e. The number of nitrogens with zero attached hydrogens (tertiary/aromatic N) is 1. The summed E-state index contributed by atoms with van der Waals surface area (Å²) in [6, 6.07) is 9.72.